The monoisotopic (exact) mass is 243 g/mol. The Labute approximate surface area is 102 Å². The van der Waals surface area contributed by atoms with E-state index in [1.807, 2.05) is 0 Å². The van der Waals surface area contributed by atoms with E-state index in [2.05, 4.69) is 25.7 Å². The summed E-state index contributed by atoms with van der Waals surface area (Å²) in [6.07, 6.45) is 1.24. The molecule has 0 aliphatic heterocycles. The topological polar surface area (TPSA) is 97.7 Å². The van der Waals surface area contributed by atoms with Gasteiger partial charge < -0.3 is 5.32 Å². The highest BCUT2D eigenvalue weighted by molar-refractivity contribution is 6.39. The number of nitrogens with zero attached hydrogens (tertiary/aromatic N) is 4. The maximum absolute atomic E-state index is 11.2. The summed E-state index contributed by atoms with van der Waals surface area (Å²) < 4.78 is 0. The Balaban J connectivity index is 2.16. The third kappa shape index (κ3) is 2.70. The summed E-state index contributed by atoms with van der Waals surface area (Å²) in [6.45, 7) is 1.21. The Bertz CT molecular complexity index is 568. The van der Waals surface area contributed by atoms with Crippen molar-refractivity contribution >= 4 is 17.4 Å². The molecule has 0 atom stereocenters. The predicted octanol–water partition coefficient (Wildman–Crippen LogP) is 0.461. The Morgan fingerprint density at radius 2 is 1.67 bits per heavy atom. The molecule has 90 valence electrons. The second kappa shape index (κ2) is 5.09. The van der Waals surface area contributed by atoms with Crippen LogP contribution in [0.3, 0.4) is 0 Å². The summed E-state index contributed by atoms with van der Waals surface area (Å²) in [6, 6.07) is 6.70. The van der Waals surface area contributed by atoms with Crippen LogP contribution in [-0.2, 0) is 9.59 Å². The van der Waals surface area contributed by atoms with E-state index >= 15 is 0 Å². The Morgan fingerprint density at radius 3 is 2.22 bits per heavy atom. The molecule has 2 aromatic rings. The molecule has 0 aliphatic rings. The van der Waals surface area contributed by atoms with E-state index < -0.39 is 11.7 Å². The van der Waals surface area contributed by atoms with Gasteiger partial charge in [0.25, 0.3) is 5.91 Å². The van der Waals surface area contributed by atoms with Crippen LogP contribution in [0.5, 0.6) is 0 Å². The van der Waals surface area contributed by atoms with Crippen molar-refractivity contribution < 1.29 is 9.59 Å². The number of benzene rings is 1. The Hall–Kier alpha value is -2.70. The highest BCUT2D eigenvalue weighted by Crippen LogP contribution is 2.16. The van der Waals surface area contributed by atoms with Crippen molar-refractivity contribution in [1.29, 1.82) is 0 Å². The number of rotatable bonds is 3. The van der Waals surface area contributed by atoms with Crippen LogP contribution in [0.1, 0.15) is 6.92 Å². The minimum absolute atomic E-state index is 0.391. The first-order valence-corrected chi connectivity index (χ1v) is 5.09. The summed E-state index contributed by atoms with van der Waals surface area (Å²) in [7, 11) is 0. The molecule has 2 rings (SSSR count). The van der Waals surface area contributed by atoms with Crippen molar-refractivity contribution in [3.63, 3.8) is 0 Å². The molecule has 0 saturated carbocycles. The fourth-order valence-electron chi connectivity index (χ4n) is 1.24. The van der Waals surface area contributed by atoms with Crippen LogP contribution in [-0.4, -0.2) is 32.1 Å². The third-order valence-electron chi connectivity index (χ3n) is 2.13. The SMILES string of the molecule is CC(=O)C(=O)Nc1ccc(-c2nncnn2)cc1. The van der Waals surface area contributed by atoms with Gasteiger partial charge in [-0.15, -0.1) is 20.4 Å². The predicted molar refractivity (Wildman–Crippen MR) is 62.4 cm³/mol. The van der Waals surface area contributed by atoms with Crippen LogP contribution in [0.15, 0.2) is 30.6 Å². The molecule has 7 nitrogen and oxygen atoms in total. The Kier molecular flexibility index (Phi) is 3.33. The molecule has 1 heterocycles. The van der Waals surface area contributed by atoms with E-state index in [4.69, 9.17) is 0 Å². The van der Waals surface area contributed by atoms with Gasteiger partial charge >= 0.3 is 0 Å². The van der Waals surface area contributed by atoms with Crippen molar-refractivity contribution in [2.45, 2.75) is 6.92 Å². The lowest BCUT2D eigenvalue weighted by Gasteiger charge is -2.03. The molecule has 18 heavy (non-hydrogen) atoms. The third-order valence-corrected chi connectivity index (χ3v) is 2.13. The molecule has 7 heteroatoms. The smallest absolute Gasteiger partial charge is 0.291 e. The fourth-order valence-corrected chi connectivity index (χ4v) is 1.24. The highest BCUT2D eigenvalue weighted by Gasteiger charge is 2.08. The Morgan fingerprint density at radius 1 is 1.06 bits per heavy atom. The standard InChI is InChI=1S/C11H9N5O2/c1-7(17)11(18)14-9-4-2-8(3-5-9)10-15-12-6-13-16-10/h2-6H,1H3,(H,14,18). The average molecular weight is 243 g/mol. The normalized spacial score (nSPS) is 9.83. The zero-order chi connectivity index (χ0) is 13.0. The van der Waals surface area contributed by atoms with Crippen molar-refractivity contribution in [3.05, 3.63) is 30.6 Å². The van der Waals surface area contributed by atoms with Gasteiger partial charge in [0.2, 0.25) is 11.6 Å². The van der Waals surface area contributed by atoms with E-state index in [1.54, 1.807) is 24.3 Å². The molecule has 0 spiro atoms. The number of hydrogen-bond acceptors (Lipinski definition) is 6. The van der Waals surface area contributed by atoms with E-state index in [9.17, 15) is 9.59 Å². The number of anilines is 1. The number of hydrogen-bond donors (Lipinski definition) is 1. The van der Waals surface area contributed by atoms with Crippen molar-refractivity contribution in [3.8, 4) is 11.4 Å². The van der Waals surface area contributed by atoms with E-state index in [-0.39, 0.29) is 0 Å². The zero-order valence-electron chi connectivity index (χ0n) is 9.49. The molecule has 1 aromatic carbocycles. The molecule has 0 aliphatic carbocycles. The number of amides is 1. The van der Waals surface area contributed by atoms with Crippen LogP contribution in [0.25, 0.3) is 11.4 Å². The number of carbonyl (C=O) groups is 2. The molecular formula is C11H9N5O2. The maximum Gasteiger partial charge on any atom is 0.291 e. The fraction of sp³-hybridized carbons (Fsp3) is 0.0909. The first-order chi connectivity index (χ1) is 8.66. The summed E-state index contributed by atoms with van der Waals surface area (Å²) >= 11 is 0. The zero-order valence-corrected chi connectivity index (χ0v) is 9.49. The minimum Gasteiger partial charge on any atom is -0.319 e. The first-order valence-electron chi connectivity index (χ1n) is 5.09. The molecule has 1 aromatic heterocycles. The van der Waals surface area contributed by atoms with Crippen LogP contribution < -0.4 is 5.32 Å². The summed E-state index contributed by atoms with van der Waals surface area (Å²) in [5.74, 6) is -0.803. The van der Waals surface area contributed by atoms with Gasteiger partial charge in [-0.3, -0.25) is 9.59 Å². The van der Waals surface area contributed by atoms with Gasteiger partial charge in [-0.25, -0.2) is 0 Å². The lowest BCUT2D eigenvalue weighted by atomic mass is 10.2. The second-order valence-electron chi connectivity index (χ2n) is 3.46. The summed E-state index contributed by atoms with van der Waals surface area (Å²) in [5, 5.41) is 17.3. The molecule has 1 amide bonds. The minimum atomic E-state index is -0.651. The van der Waals surface area contributed by atoms with Crippen molar-refractivity contribution in [1.82, 2.24) is 20.4 Å². The number of Topliss-reactive ketones (excluding diaryl/α,β-unsaturated/α-hetero) is 1. The van der Waals surface area contributed by atoms with E-state index in [1.165, 1.54) is 13.3 Å². The van der Waals surface area contributed by atoms with Gasteiger partial charge in [-0.2, -0.15) is 0 Å². The lowest BCUT2D eigenvalue weighted by Crippen LogP contribution is -2.19. The van der Waals surface area contributed by atoms with E-state index in [0.717, 1.165) is 5.56 Å². The van der Waals surface area contributed by atoms with E-state index in [0.29, 0.717) is 11.5 Å². The quantitative estimate of drug-likeness (QED) is 0.786. The summed E-state index contributed by atoms with van der Waals surface area (Å²) in [4.78, 5) is 21.9. The van der Waals surface area contributed by atoms with Gasteiger partial charge in [0, 0.05) is 18.2 Å². The number of nitrogens with one attached hydrogen (secondary N) is 1. The van der Waals surface area contributed by atoms with Gasteiger partial charge in [0.05, 0.1) is 0 Å². The van der Waals surface area contributed by atoms with Crippen LogP contribution in [0.4, 0.5) is 5.69 Å². The van der Waals surface area contributed by atoms with Crippen molar-refractivity contribution in [2.24, 2.45) is 0 Å². The number of aromatic nitrogens is 4. The van der Waals surface area contributed by atoms with Crippen molar-refractivity contribution in [2.75, 3.05) is 5.32 Å². The van der Waals surface area contributed by atoms with Gasteiger partial charge in [0.1, 0.15) is 0 Å². The second-order valence-corrected chi connectivity index (χ2v) is 3.46. The molecule has 0 saturated heterocycles. The lowest BCUT2D eigenvalue weighted by molar-refractivity contribution is -0.133. The molecular weight excluding hydrogens is 234 g/mol. The van der Waals surface area contributed by atoms with Gasteiger partial charge in [-0.05, 0) is 24.3 Å². The molecule has 0 radical (unpaired) electrons. The molecule has 0 fully saturated rings. The molecule has 0 unspecified atom stereocenters. The van der Waals surface area contributed by atoms with Crippen LogP contribution in [0.2, 0.25) is 0 Å². The first kappa shape index (κ1) is 11.8. The van der Waals surface area contributed by atoms with Crippen LogP contribution in [0, 0.1) is 0 Å². The van der Waals surface area contributed by atoms with Gasteiger partial charge in [0.15, 0.2) is 6.33 Å². The van der Waals surface area contributed by atoms with Gasteiger partial charge in [-0.1, -0.05) is 0 Å². The molecule has 1 N–H and O–H groups in total. The number of ketones is 1. The molecule has 0 bridgehead atoms. The number of carbonyl (C=O) groups excluding carboxylic acids is 2. The average Bonchev–Trinajstić information content (AvgIpc) is 2.40. The summed E-state index contributed by atoms with van der Waals surface area (Å²) in [5.41, 5.74) is 1.24. The highest BCUT2D eigenvalue weighted by atomic mass is 16.2. The van der Waals surface area contributed by atoms with Crippen LogP contribution >= 0.6 is 0 Å². The largest absolute Gasteiger partial charge is 0.319 e. The maximum atomic E-state index is 11.2.